The smallest absolute Gasteiger partial charge is 0.0685 e. The average molecular weight is 255 g/mol. The van der Waals surface area contributed by atoms with Gasteiger partial charge >= 0.3 is 0 Å². The Morgan fingerprint density at radius 2 is 2.11 bits per heavy atom. The minimum Gasteiger partial charge on any atom is -0.392 e. The first kappa shape index (κ1) is 12.0. The first-order valence-corrected chi connectivity index (χ1v) is 6.35. The molecule has 3 rings (SSSR count). The van der Waals surface area contributed by atoms with Crippen molar-refractivity contribution in [2.75, 3.05) is 0 Å². The Hall–Kier alpha value is -2.07. The Labute approximate surface area is 111 Å². The molecule has 0 aliphatic rings. The van der Waals surface area contributed by atoms with Crippen LogP contribution in [0.5, 0.6) is 0 Å². The van der Waals surface area contributed by atoms with E-state index in [1.165, 1.54) is 16.5 Å². The zero-order valence-corrected chi connectivity index (χ0v) is 11.2. The van der Waals surface area contributed by atoms with Crippen LogP contribution in [0.4, 0.5) is 0 Å². The number of aryl methyl sites for hydroxylation is 2. The molecule has 2 heterocycles. The lowest BCUT2D eigenvalue weighted by atomic mass is 10.1. The van der Waals surface area contributed by atoms with Gasteiger partial charge < -0.3 is 9.67 Å². The first-order chi connectivity index (χ1) is 9.19. The molecule has 0 bridgehead atoms. The minimum atomic E-state index is 0.0832. The fraction of sp³-hybridized carbons (Fsp3) is 0.267. The zero-order chi connectivity index (χ0) is 13.4. The molecule has 4 heteroatoms. The van der Waals surface area contributed by atoms with Crippen molar-refractivity contribution in [3.8, 4) is 0 Å². The lowest BCUT2D eigenvalue weighted by molar-refractivity contribution is 0.281. The molecular formula is C15H17N3O. The molecule has 0 fully saturated rings. The van der Waals surface area contributed by atoms with Gasteiger partial charge in [0, 0.05) is 25.0 Å². The molecule has 3 aromatic rings. The predicted molar refractivity (Wildman–Crippen MR) is 74.9 cm³/mol. The lowest BCUT2D eigenvalue weighted by Gasteiger charge is -2.09. The molecule has 4 nitrogen and oxygen atoms in total. The van der Waals surface area contributed by atoms with E-state index < -0.39 is 0 Å². The highest BCUT2D eigenvalue weighted by molar-refractivity contribution is 5.84. The third kappa shape index (κ3) is 2.04. The maximum absolute atomic E-state index is 9.38. The number of aliphatic hydroxyl groups is 1. The molecule has 1 N–H and O–H groups in total. The molecule has 98 valence electrons. The summed E-state index contributed by atoms with van der Waals surface area (Å²) < 4.78 is 4.02. The summed E-state index contributed by atoms with van der Waals surface area (Å²) in [5.41, 5.74) is 4.50. The maximum Gasteiger partial charge on any atom is 0.0685 e. The van der Waals surface area contributed by atoms with E-state index in [1.807, 2.05) is 30.2 Å². The summed E-state index contributed by atoms with van der Waals surface area (Å²) in [6.07, 6.45) is 6.00. The number of hydrogen-bond acceptors (Lipinski definition) is 2. The van der Waals surface area contributed by atoms with Crippen LogP contribution < -0.4 is 0 Å². The number of fused-ring (bicyclic) bond motifs is 1. The van der Waals surface area contributed by atoms with Gasteiger partial charge in [0.05, 0.1) is 24.9 Å². The summed E-state index contributed by atoms with van der Waals surface area (Å²) in [5.74, 6) is 0. The highest BCUT2D eigenvalue weighted by Gasteiger charge is 2.08. The molecule has 0 saturated carbocycles. The van der Waals surface area contributed by atoms with Crippen LogP contribution in [0.2, 0.25) is 0 Å². The average Bonchev–Trinajstić information content (AvgIpc) is 2.98. The van der Waals surface area contributed by atoms with E-state index >= 15 is 0 Å². The van der Waals surface area contributed by atoms with E-state index in [4.69, 9.17) is 0 Å². The van der Waals surface area contributed by atoms with Gasteiger partial charge in [0.25, 0.3) is 0 Å². The van der Waals surface area contributed by atoms with Crippen molar-refractivity contribution in [1.29, 1.82) is 0 Å². The summed E-state index contributed by atoms with van der Waals surface area (Å²) in [5, 5.41) is 14.8. The molecule has 0 atom stereocenters. The second-order valence-electron chi connectivity index (χ2n) is 4.91. The van der Waals surface area contributed by atoms with Gasteiger partial charge in [0.1, 0.15) is 0 Å². The molecule has 0 aliphatic carbocycles. The van der Waals surface area contributed by atoms with E-state index in [0.717, 1.165) is 17.7 Å². The maximum atomic E-state index is 9.38. The van der Waals surface area contributed by atoms with Crippen LogP contribution in [-0.4, -0.2) is 19.5 Å². The van der Waals surface area contributed by atoms with E-state index in [-0.39, 0.29) is 6.61 Å². The summed E-state index contributed by atoms with van der Waals surface area (Å²) in [6.45, 7) is 2.94. The number of aliphatic hydroxyl groups excluding tert-OH is 1. The van der Waals surface area contributed by atoms with Gasteiger partial charge in [-0.25, -0.2) is 0 Å². The zero-order valence-electron chi connectivity index (χ0n) is 11.2. The fourth-order valence-corrected chi connectivity index (χ4v) is 2.58. The Morgan fingerprint density at radius 3 is 2.79 bits per heavy atom. The lowest BCUT2D eigenvalue weighted by Crippen LogP contribution is -2.00. The predicted octanol–water partition coefficient (Wildman–Crippen LogP) is 2.22. The quantitative estimate of drug-likeness (QED) is 0.780. The summed E-state index contributed by atoms with van der Waals surface area (Å²) in [6, 6.07) is 6.17. The molecule has 0 aliphatic heterocycles. The monoisotopic (exact) mass is 255 g/mol. The van der Waals surface area contributed by atoms with Crippen molar-refractivity contribution < 1.29 is 5.11 Å². The molecule has 2 aromatic heterocycles. The van der Waals surface area contributed by atoms with Crippen LogP contribution >= 0.6 is 0 Å². The summed E-state index contributed by atoms with van der Waals surface area (Å²) in [4.78, 5) is 0. The van der Waals surface area contributed by atoms with E-state index in [9.17, 15) is 5.11 Å². The minimum absolute atomic E-state index is 0.0832. The number of rotatable bonds is 3. The van der Waals surface area contributed by atoms with Gasteiger partial charge in [0.15, 0.2) is 0 Å². The molecule has 0 unspecified atom stereocenters. The van der Waals surface area contributed by atoms with Crippen LogP contribution in [0, 0.1) is 6.92 Å². The van der Waals surface area contributed by atoms with Crippen LogP contribution in [-0.2, 0) is 20.2 Å². The topological polar surface area (TPSA) is 43.0 Å². The standard InChI is InChI=1S/C15H17N3O/c1-11-14(10-19)4-3-13-5-6-18(15(11)13)9-12-7-16-17(2)8-12/h3-8,19H,9-10H2,1-2H3. The second-order valence-corrected chi connectivity index (χ2v) is 4.91. The molecule has 0 spiro atoms. The molecule has 0 amide bonds. The third-order valence-corrected chi connectivity index (χ3v) is 3.58. The fourth-order valence-electron chi connectivity index (χ4n) is 2.58. The van der Waals surface area contributed by atoms with Crippen molar-refractivity contribution in [2.45, 2.75) is 20.1 Å². The van der Waals surface area contributed by atoms with Crippen molar-refractivity contribution >= 4 is 10.9 Å². The van der Waals surface area contributed by atoms with Gasteiger partial charge in [-0.3, -0.25) is 4.68 Å². The van der Waals surface area contributed by atoms with E-state index in [0.29, 0.717) is 0 Å². The molecular weight excluding hydrogens is 238 g/mol. The van der Waals surface area contributed by atoms with E-state index in [2.05, 4.69) is 34.9 Å². The number of benzene rings is 1. The van der Waals surface area contributed by atoms with Gasteiger partial charge in [-0.15, -0.1) is 0 Å². The molecule has 0 radical (unpaired) electrons. The Kier molecular flexibility index (Phi) is 2.87. The molecule has 0 saturated heterocycles. The SMILES string of the molecule is Cc1c(CO)ccc2ccn(Cc3cnn(C)c3)c12. The van der Waals surface area contributed by atoms with Crippen LogP contribution in [0.25, 0.3) is 10.9 Å². The number of aromatic nitrogens is 3. The summed E-state index contributed by atoms with van der Waals surface area (Å²) >= 11 is 0. The second kappa shape index (κ2) is 4.55. The molecule has 1 aromatic carbocycles. The number of nitrogens with zero attached hydrogens (tertiary/aromatic N) is 3. The number of hydrogen-bond donors (Lipinski definition) is 1. The third-order valence-electron chi connectivity index (χ3n) is 3.58. The van der Waals surface area contributed by atoms with Crippen molar-refractivity contribution in [3.05, 3.63) is 53.5 Å². The Bertz CT molecular complexity index is 724. The van der Waals surface area contributed by atoms with Gasteiger partial charge in [-0.2, -0.15) is 5.10 Å². The van der Waals surface area contributed by atoms with Crippen molar-refractivity contribution in [1.82, 2.24) is 14.3 Å². The van der Waals surface area contributed by atoms with Gasteiger partial charge in [-0.05, 0) is 29.5 Å². The first-order valence-electron chi connectivity index (χ1n) is 6.35. The van der Waals surface area contributed by atoms with Gasteiger partial charge in [-0.1, -0.05) is 12.1 Å². The van der Waals surface area contributed by atoms with Crippen LogP contribution in [0.3, 0.4) is 0 Å². The van der Waals surface area contributed by atoms with Crippen molar-refractivity contribution in [3.63, 3.8) is 0 Å². The largest absolute Gasteiger partial charge is 0.392 e. The Morgan fingerprint density at radius 1 is 1.26 bits per heavy atom. The van der Waals surface area contributed by atoms with Crippen molar-refractivity contribution in [2.24, 2.45) is 7.05 Å². The summed E-state index contributed by atoms with van der Waals surface area (Å²) in [7, 11) is 1.92. The van der Waals surface area contributed by atoms with Crippen LogP contribution in [0.1, 0.15) is 16.7 Å². The van der Waals surface area contributed by atoms with E-state index in [1.54, 1.807) is 0 Å². The highest BCUT2D eigenvalue weighted by atomic mass is 16.3. The molecule has 19 heavy (non-hydrogen) atoms. The van der Waals surface area contributed by atoms with Crippen LogP contribution in [0.15, 0.2) is 36.8 Å². The highest BCUT2D eigenvalue weighted by Crippen LogP contribution is 2.24. The Balaban J connectivity index is 2.08. The van der Waals surface area contributed by atoms with Gasteiger partial charge in [0.2, 0.25) is 0 Å². The normalized spacial score (nSPS) is 11.3.